The Balaban J connectivity index is 2.81. The molecule has 0 aliphatic heterocycles. The van der Waals surface area contributed by atoms with Gasteiger partial charge in [0.2, 0.25) is 0 Å². The molecule has 0 amide bonds. The fraction of sp³-hybridized carbons (Fsp3) is 0.607. The van der Waals surface area contributed by atoms with Crippen molar-refractivity contribution in [2.24, 2.45) is 17.3 Å². The van der Waals surface area contributed by atoms with Crippen LogP contribution < -0.4 is 0 Å². The Bertz CT molecular complexity index is 888. The molecule has 7 heteroatoms. The van der Waals surface area contributed by atoms with Crippen LogP contribution in [-0.2, 0) is 14.3 Å². The van der Waals surface area contributed by atoms with E-state index in [0.29, 0.717) is 6.42 Å². The van der Waals surface area contributed by atoms with Crippen LogP contribution in [0.25, 0.3) is 6.08 Å². The number of aromatic nitrogens is 1. The second kappa shape index (κ2) is 14.5. The number of ketones is 1. The standard InChI is InChI=1S/C28H43NO5S/c1-9-11-12-14-18(3)26(32)20(5)27(33)28(7,8)24(30)16-25(31)34-23(13-10-2)19(4)15-22-17-35-21(6)29-22/h9-10,15,17-18,20,23-24,26,30,32H,1-2,11-14,16H2,3-8H3/b19-15+/t18-,20+,23-,24?,26-/m0/s1. The molecule has 1 rings (SSSR count). The van der Waals surface area contributed by atoms with E-state index in [0.717, 1.165) is 35.5 Å². The van der Waals surface area contributed by atoms with E-state index in [1.807, 2.05) is 38.3 Å². The van der Waals surface area contributed by atoms with Crippen LogP contribution in [0.2, 0.25) is 0 Å². The lowest BCUT2D eigenvalue weighted by Crippen LogP contribution is -2.45. The van der Waals surface area contributed by atoms with Crippen LogP contribution in [0.4, 0.5) is 0 Å². The zero-order valence-electron chi connectivity index (χ0n) is 22.1. The molecule has 35 heavy (non-hydrogen) atoms. The normalized spacial score (nSPS) is 16.6. The van der Waals surface area contributed by atoms with Gasteiger partial charge in [0.05, 0.1) is 34.7 Å². The summed E-state index contributed by atoms with van der Waals surface area (Å²) in [6.45, 7) is 18.0. The lowest BCUT2D eigenvalue weighted by molar-refractivity contribution is -0.154. The van der Waals surface area contributed by atoms with Crippen molar-refractivity contribution < 1.29 is 24.5 Å². The van der Waals surface area contributed by atoms with Crippen LogP contribution in [-0.4, -0.2) is 45.3 Å². The molecule has 0 fully saturated rings. The minimum Gasteiger partial charge on any atom is -0.457 e. The quantitative estimate of drug-likeness (QED) is 0.170. The van der Waals surface area contributed by atoms with Gasteiger partial charge in [0, 0.05) is 17.7 Å². The predicted octanol–water partition coefficient (Wildman–Crippen LogP) is 5.68. The smallest absolute Gasteiger partial charge is 0.309 e. The van der Waals surface area contributed by atoms with Gasteiger partial charge in [-0.15, -0.1) is 24.5 Å². The average molecular weight is 506 g/mol. The number of allylic oxidation sites excluding steroid dienone is 1. The molecule has 2 N–H and O–H groups in total. The highest BCUT2D eigenvalue weighted by molar-refractivity contribution is 7.09. The first-order chi connectivity index (χ1) is 16.3. The molecule has 0 saturated heterocycles. The van der Waals surface area contributed by atoms with Gasteiger partial charge in [-0.2, -0.15) is 0 Å². The molecule has 0 aliphatic rings. The van der Waals surface area contributed by atoms with E-state index in [9.17, 15) is 19.8 Å². The second-order valence-electron chi connectivity index (χ2n) is 9.96. The van der Waals surface area contributed by atoms with Crippen molar-refractivity contribution in [3.05, 3.63) is 47.0 Å². The molecule has 0 radical (unpaired) electrons. The number of hydrogen-bond acceptors (Lipinski definition) is 7. The van der Waals surface area contributed by atoms with Gasteiger partial charge in [0.1, 0.15) is 11.9 Å². The third-order valence-corrected chi connectivity index (χ3v) is 7.37. The molecule has 0 saturated carbocycles. The fourth-order valence-corrected chi connectivity index (χ4v) is 4.59. The maximum atomic E-state index is 13.2. The number of esters is 1. The molecule has 196 valence electrons. The van der Waals surface area contributed by atoms with Crippen molar-refractivity contribution in [2.75, 3.05) is 0 Å². The molecule has 5 atom stereocenters. The molecule has 0 bridgehead atoms. The molecule has 1 aromatic rings. The molecular weight excluding hydrogens is 462 g/mol. The maximum Gasteiger partial charge on any atom is 0.309 e. The Morgan fingerprint density at radius 1 is 1.23 bits per heavy atom. The summed E-state index contributed by atoms with van der Waals surface area (Å²) in [6, 6.07) is 0. The third-order valence-electron chi connectivity index (χ3n) is 6.58. The van der Waals surface area contributed by atoms with E-state index in [4.69, 9.17) is 4.74 Å². The molecule has 0 aromatic carbocycles. The summed E-state index contributed by atoms with van der Waals surface area (Å²) in [7, 11) is 0. The molecule has 6 nitrogen and oxygen atoms in total. The van der Waals surface area contributed by atoms with E-state index in [1.165, 1.54) is 11.3 Å². The summed E-state index contributed by atoms with van der Waals surface area (Å²) in [4.78, 5) is 30.3. The number of rotatable bonds is 16. The Hall–Kier alpha value is -2.09. The van der Waals surface area contributed by atoms with Gasteiger partial charge < -0.3 is 14.9 Å². The van der Waals surface area contributed by atoms with Crippen molar-refractivity contribution in [1.29, 1.82) is 0 Å². The number of thiazole rings is 1. The summed E-state index contributed by atoms with van der Waals surface area (Å²) in [5.41, 5.74) is 0.390. The number of carbonyl (C=O) groups is 2. The zero-order valence-corrected chi connectivity index (χ0v) is 22.9. The van der Waals surface area contributed by atoms with Gasteiger partial charge in [-0.1, -0.05) is 39.8 Å². The van der Waals surface area contributed by atoms with Gasteiger partial charge in [-0.3, -0.25) is 9.59 Å². The summed E-state index contributed by atoms with van der Waals surface area (Å²) >= 11 is 1.54. The first-order valence-electron chi connectivity index (χ1n) is 12.3. The maximum absolute atomic E-state index is 13.2. The molecule has 1 aromatic heterocycles. The number of nitrogens with zero attached hydrogens (tertiary/aromatic N) is 1. The van der Waals surface area contributed by atoms with Crippen molar-refractivity contribution in [3.63, 3.8) is 0 Å². The minimum atomic E-state index is -1.25. The highest BCUT2D eigenvalue weighted by Crippen LogP contribution is 2.32. The summed E-state index contributed by atoms with van der Waals surface area (Å²) < 4.78 is 5.65. The summed E-state index contributed by atoms with van der Waals surface area (Å²) in [6.07, 6.45) is 5.38. The van der Waals surface area contributed by atoms with Crippen molar-refractivity contribution >= 4 is 29.2 Å². The fourth-order valence-electron chi connectivity index (χ4n) is 4.02. The lowest BCUT2D eigenvalue weighted by Gasteiger charge is -2.34. The van der Waals surface area contributed by atoms with Crippen LogP contribution in [0.1, 0.15) is 77.4 Å². The number of aliphatic hydroxyl groups excluding tert-OH is 2. The van der Waals surface area contributed by atoms with E-state index >= 15 is 0 Å². The first-order valence-corrected chi connectivity index (χ1v) is 13.1. The number of aliphatic hydroxyl groups is 2. The Labute approximate surface area is 214 Å². The molecule has 0 aliphatic carbocycles. The van der Waals surface area contributed by atoms with Crippen LogP contribution in [0.5, 0.6) is 0 Å². The van der Waals surface area contributed by atoms with E-state index in [1.54, 1.807) is 26.8 Å². The Kier molecular flexibility index (Phi) is 12.8. The highest BCUT2D eigenvalue weighted by atomic mass is 32.1. The highest BCUT2D eigenvalue weighted by Gasteiger charge is 2.42. The SMILES string of the molecule is C=CCCC[C@H](C)[C@H](O)[C@@H](C)C(=O)C(C)(C)C(O)CC(=O)O[C@@H](CC=C)/C(C)=C/c1csc(C)n1. The molecular formula is C28H43NO5S. The van der Waals surface area contributed by atoms with Crippen LogP contribution in [0.15, 0.2) is 36.3 Å². The van der Waals surface area contributed by atoms with Crippen LogP contribution >= 0.6 is 11.3 Å². The number of ether oxygens (including phenoxy) is 1. The van der Waals surface area contributed by atoms with Crippen molar-refractivity contribution in [3.8, 4) is 0 Å². The van der Waals surface area contributed by atoms with Crippen LogP contribution in [0.3, 0.4) is 0 Å². The van der Waals surface area contributed by atoms with Gasteiger partial charge >= 0.3 is 5.97 Å². The van der Waals surface area contributed by atoms with Gasteiger partial charge in [-0.05, 0) is 50.7 Å². The van der Waals surface area contributed by atoms with E-state index < -0.39 is 35.6 Å². The monoisotopic (exact) mass is 505 g/mol. The summed E-state index contributed by atoms with van der Waals surface area (Å²) in [5.74, 6) is -1.62. The summed E-state index contributed by atoms with van der Waals surface area (Å²) in [5, 5.41) is 24.4. The van der Waals surface area contributed by atoms with Crippen molar-refractivity contribution in [2.45, 2.75) is 92.0 Å². The Morgan fingerprint density at radius 3 is 2.43 bits per heavy atom. The first kappa shape index (κ1) is 30.9. The van der Waals surface area contributed by atoms with Gasteiger partial charge in [0.25, 0.3) is 0 Å². The number of carbonyl (C=O) groups excluding carboxylic acids is 2. The minimum absolute atomic E-state index is 0.0669. The number of hydrogen-bond donors (Lipinski definition) is 2. The van der Waals surface area contributed by atoms with Crippen LogP contribution in [0, 0.1) is 24.2 Å². The number of unbranched alkanes of at least 4 members (excludes halogenated alkanes) is 1. The number of Topliss-reactive ketones (excluding diaryl/α,β-unsaturated/α-hetero) is 1. The number of aryl methyl sites for hydroxylation is 1. The largest absolute Gasteiger partial charge is 0.457 e. The van der Waals surface area contributed by atoms with E-state index in [-0.39, 0.29) is 18.1 Å². The van der Waals surface area contributed by atoms with Gasteiger partial charge in [-0.25, -0.2) is 4.98 Å². The molecule has 1 heterocycles. The third kappa shape index (κ3) is 9.47. The second-order valence-corrected chi connectivity index (χ2v) is 11.0. The predicted molar refractivity (Wildman–Crippen MR) is 143 cm³/mol. The zero-order chi connectivity index (χ0) is 26.8. The lowest BCUT2D eigenvalue weighted by atomic mass is 9.73. The topological polar surface area (TPSA) is 96.7 Å². The van der Waals surface area contributed by atoms with Crippen molar-refractivity contribution in [1.82, 2.24) is 4.98 Å². The Morgan fingerprint density at radius 2 is 1.89 bits per heavy atom. The van der Waals surface area contributed by atoms with Gasteiger partial charge in [0.15, 0.2) is 0 Å². The van der Waals surface area contributed by atoms with E-state index in [2.05, 4.69) is 18.1 Å². The molecule has 0 spiro atoms. The molecule has 1 unspecified atom stereocenters. The average Bonchev–Trinajstić information content (AvgIpc) is 3.21.